The number of nitrogens with two attached hydrogens (primary N) is 1. The molecule has 2 N–H and O–H groups in total. The third-order valence-corrected chi connectivity index (χ3v) is 4.65. The van der Waals surface area contributed by atoms with E-state index in [4.69, 9.17) is 15.5 Å². The molecule has 1 aromatic heterocycles. The highest BCUT2D eigenvalue weighted by Gasteiger charge is 2.10. The van der Waals surface area contributed by atoms with Crippen molar-refractivity contribution in [3.8, 4) is 5.75 Å². The summed E-state index contributed by atoms with van der Waals surface area (Å²) in [6, 6.07) is 6.22. The second-order valence-corrected chi connectivity index (χ2v) is 6.42. The predicted octanol–water partition coefficient (Wildman–Crippen LogP) is 3.79. The summed E-state index contributed by atoms with van der Waals surface area (Å²) in [4.78, 5) is 5.93. The average Bonchev–Trinajstić information content (AvgIpc) is 2.85. The van der Waals surface area contributed by atoms with Gasteiger partial charge in [-0.2, -0.15) is 0 Å². The Labute approximate surface area is 131 Å². The van der Waals surface area contributed by atoms with E-state index in [-0.39, 0.29) is 0 Å². The molecule has 2 rings (SSSR count). The standard InChI is InChI=1S/C17H24N2OS/c1-4-6-14-15(11-18)21-16(19-14)9-10-20-17-12(2)7-5-8-13(17)3/h5,7-8H,4,6,9-11,18H2,1-3H3. The maximum Gasteiger partial charge on any atom is 0.125 e. The van der Waals surface area contributed by atoms with Crippen molar-refractivity contribution in [2.75, 3.05) is 6.61 Å². The van der Waals surface area contributed by atoms with Crippen LogP contribution in [0.5, 0.6) is 5.75 Å². The van der Waals surface area contributed by atoms with E-state index in [9.17, 15) is 0 Å². The second kappa shape index (κ2) is 7.57. The number of benzene rings is 1. The van der Waals surface area contributed by atoms with Gasteiger partial charge in [0.1, 0.15) is 5.75 Å². The molecule has 1 heterocycles. The molecule has 0 fully saturated rings. The van der Waals surface area contributed by atoms with Gasteiger partial charge in [0, 0.05) is 17.8 Å². The molecule has 114 valence electrons. The van der Waals surface area contributed by atoms with Gasteiger partial charge in [0.25, 0.3) is 0 Å². The van der Waals surface area contributed by atoms with Crippen molar-refractivity contribution in [3.05, 3.63) is 44.9 Å². The van der Waals surface area contributed by atoms with Gasteiger partial charge in [-0.3, -0.25) is 0 Å². The van der Waals surface area contributed by atoms with Crippen LogP contribution in [0.15, 0.2) is 18.2 Å². The van der Waals surface area contributed by atoms with Crippen LogP contribution in [-0.2, 0) is 19.4 Å². The highest BCUT2D eigenvalue weighted by Crippen LogP contribution is 2.24. The number of para-hydroxylation sites is 1. The smallest absolute Gasteiger partial charge is 0.125 e. The zero-order chi connectivity index (χ0) is 15.2. The van der Waals surface area contributed by atoms with E-state index in [1.54, 1.807) is 11.3 Å². The predicted molar refractivity (Wildman–Crippen MR) is 89.1 cm³/mol. The fraction of sp³-hybridized carbons (Fsp3) is 0.471. The molecule has 0 radical (unpaired) electrons. The number of hydrogen-bond donors (Lipinski definition) is 1. The Morgan fingerprint density at radius 2 is 1.90 bits per heavy atom. The first-order valence-corrected chi connectivity index (χ1v) is 8.33. The number of hydrogen-bond acceptors (Lipinski definition) is 4. The van der Waals surface area contributed by atoms with E-state index < -0.39 is 0 Å². The zero-order valence-electron chi connectivity index (χ0n) is 13.1. The van der Waals surface area contributed by atoms with Gasteiger partial charge >= 0.3 is 0 Å². The van der Waals surface area contributed by atoms with Gasteiger partial charge in [-0.05, 0) is 31.4 Å². The molecule has 0 spiro atoms. The molecule has 0 aliphatic heterocycles. The third kappa shape index (κ3) is 4.05. The summed E-state index contributed by atoms with van der Waals surface area (Å²) in [5.74, 6) is 1.00. The zero-order valence-corrected chi connectivity index (χ0v) is 13.9. The summed E-state index contributed by atoms with van der Waals surface area (Å²) in [5.41, 5.74) is 9.33. The van der Waals surface area contributed by atoms with Gasteiger partial charge in [0.2, 0.25) is 0 Å². The van der Waals surface area contributed by atoms with Crippen molar-refractivity contribution >= 4 is 11.3 Å². The first-order chi connectivity index (χ1) is 10.2. The molecule has 0 saturated heterocycles. The van der Waals surface area contributed by atoms with E-state index in [0.717, 1.165) is 30.0 Å². The highest BCUT2D eigenvalue weighted by atomic mass is 32.1. The quantitative estimate of drug-likeness (QED) is 0.846. The minimum atomic E-state index is 0.588. The summed E-state index contributed by atoms with van der Waals surface area (Å²) in [6.07, 6.45) is 2.96. The van der Waals surface area contributed by atoms with E-state index >= 15 is 0 Å². The van der Waals surface area contributed by atoms with E-state index in [1.165, 1.54) is 21.7 Å². The van der Waals surface area contributed by atoms with Gasteiger partial charge in [0.15, 0.2) is 0 Å². The van der Waals surface area contributed by atoms with Crippen LogP contribution < -0.4 is 10.5 Å². The van der Waals surface area contributed by atoms with Crippen molar-refractivity contribution in [1.82, 2.24) is 4.98 Å². The van der Waals surface area contributed by atoms with Crippen molar-refractivity contribution in [2.24, 2.45) is 5.73 Å². The maximum atomic E-state index is 5.95. The molecule has 1 aromatic carbocycles. The van der Waals surface area contributed by atoms with Gasteiger partial charge < -0.3 is 10.5 Å². The molecule has 3 nitrogen and oxygen atoms in total. The molecule has 2 aromatic rings. The molecule has 4 heteroatoms. The summed E-state index contributed by atoms with van der Waals surface area (Å²) in [7, 11) is 0. The molecule has 0 aliphatic rings. The number of nitrogens with zero attached hydrogens (tertiary/aromatic N) is 1. The Hall–Kier alpha value is -1.39. The van der Waals surface area contributed by atoms with Gasteiger partial charge in [0.05, 0.1) is 17.3 Å². The van der Waals surface area contributed by atoms with Crippen LogP contribution in [0, 0.1) is 13.8 Å². The van der Waals surface area contributed by atoms with Crippen LogP contribution in [-0.4, -0.2) is 11.6 Å². The fourth-order valence-corrected chi connectivity index (χ4v) is 3.38. The molecular weight excluding hydrogens is 280 g/mol. The number of thiazole rings is 1. The molecule has 0 bridgehead atoms. The van der Waals surface area contributed by atoms with E-state index in [1.807, 2.05) is 0 Å². The Morgan fingerprint density at radius 3 is 2.52 bits per heavy atom. The second-order valence-electron chi connectivity index (χ2n) is 5.25. The summed E-state index contributed by atoms with van der Waals surface area (Å²) in [5, 5.41) is 1.13. The largest absolute Gasteiger partial charge is 0.493 e. The van der Waals surface area contributed by atoms with E-state index in [2.05, 4.69) is 39.0 Å². The lowest BCUT2D eigenvalue weighted by Gasteiger charge is -2.10. The number of aromatic nitrogens is 1. The minimum absolute atomic E-state index is 0.588. The van der Waals surface area contributed by atoms with Gasteiger partial charge in [-0.25, -0.2) is 4.98 Å². The average molecular weight is 304 g/mol. The summed E-state index contributed by atoms with van der Waals surface area (Å²) >= 11 is 1.73. The lowest BCUT2D eigenvalue weighted by Crippen LogP contribution is -2.03. The monoisotopic (exact) mass is 304 g/mol. The lowest BCUT2D eigenvalue weighted by molar-refractivity contribution is 0.317. The molecule has 0 atom stereocenters. The highest BCUT2D eigenvalue weighted by molar-refractivity contribution is 7.11. The van der Waals surface area contributed by atoms with Crippen LogP contribution in [0.4, 0.5) is 0 Å². The molecular formula is C17H24N2OS. The SMILES string of the molecule is CCCc1nc(CCOc2c(C)cccc2C)sc1CN. The minimum Gasteiger partial charge on any atom is -0.493 e. The van der Waals surface area contributed by atoms with Crippen LogP contribution in [0.25, 0.3) is 0 Å². The van der Waals surface area contributed by atoms with Crippen molar-refractivity contribution < 1.29 is 4.74 Å². The number of ether oxygens (including phenoxy) is 1. The van der Waals surface area contributed by atoms with Crippen LogP contribution in [0.2, 0.25) is 0 Å². The maximum absolute atomic E-state index is 5.95. The topological polar surface area (TPSA) is 48.1 Å². The Balaban J connectivity index is 1.97. The van der Waals surface area contributed by atoms with Crippen molar-refractivity contribution in [3.63, 3.8) is 0 Å². The normalized spacial score (nSPS) is 10.9. The van der Waals surface area contributed by atoms with Crippen LogP contribution in [0.3, 0.4) is 0 Å². The fourth-order valence-electron chi connectivity index (χ4n) is 2.40. The summed E-state index contributed by atoms with van der Waals surface area (Å²) in [6.45, 7) is 7.58. The molecule has 0 saturated carbocycles. The Morgan fingerprint density at radius 1 is 1.19 bits per heavy atom. The van der Waals surface area contributed by atoms with Gasteiger partial charge in [-0.1, -0.05) is 31.5 Å². The van der Waals surface area contributed by atoms with Crippen LogP contribution >= 0.6 is 11.3 Å². The van der Waals surface area contributed by atoms with Crippen molar-refractivity contribution in [2.45, 2.75) is 46.6 Å². The van der Waals surface area contributed by atoms with Crippen LogP contribution in [0.1, 0.15) is 40.1 Å². The lowest BCUT2D eigenvalue weighted by atomic mass is 10.1. The van der Waals surface area contributed by atoms with Crippen molar-refractivity contribution in [1.29, 1.82) is 0 Å². The Bertz CT molecular complexity index is 572. The summed E-state index contributed by atoms with van der Waals surface area (Å²) < 4.78 is 5.95. The molecule has 0 unspecified atom stereocenters. The first kappa shape index (κ1) is 16.0. The van der Waals surface area contributed by atoms with E-state index in [0.29, 0.717) is 13.2 Å². The number of rotatable bonds is 7. The Kier molecular flexibility index (Phi) is 5.76. The van der Waals surface area contributed by atoms with Gasteiger partial charge in [-0.15, -0.1) is 11.3 Å². The third-order valence-electron chi connectivity index (χ3n) is 3.47. The molecule has 21 heavy (non-hydrogen) atoms. The number of aryl methyl sites for hydroxylation is 3. The molecule has 0 amide bonds. The molecule has 0 aliphatic carbocycles. The first-order valence-electron chi connectivity index (χ1n) is 7.52.